The van der Waals surface area contributed by atoms with Crippen molar-refractivity contribution in [3.63, 3.8) is 0 Å². The molecule has 0 aromatic carbocycles. The Kier molecular flexibility index (Phi) is 3.74. The highest BCUT2D eigenvalue weighted by atomic mass is 16.2. The molecule has 2 heterocycles. The van der Waals surface area contributed by atoms with Gasteiger partial charge >= 0.3 is 0 Å². The van der Waals surface area contributed by atoms with Crippen molar-refractivity contribution in [1.29, 1.82) is 5.26 Å². The lowest BCUT2D eigenvalue weighted by Crippen LogP contribution is -2.53. The number of piperazine rings is 1. The van der Waals surface area contributed by atoms with Crippen LogP contribution in [0.4, 0.5) is 5.95 Å². The molecule has 21 heavy (non-hydrogen) atoms. The van der Waals surface area contributed by atoms with E-state index in [9.17, 15) is 10.1 Å². The van der Waals surface area contributed by atoms with Gasteiger partial charge < -0.3 is 9.80 Å². The van der Waals surface area contributed by atoms with E-state index in [2.05, 4.69) is 20.9 Å². The van der Waals surface area contributed by atoms with Crippen LogP contribution in [0.15, 0.2) is 18.5 Å². The second-order valence-corrected chi connectivity index (χ2v) is 5.73. The average Bonchev–Trinajstić information content (AvgIpc) is 3.05. The van der Waals surface area contributed by atoms with Crippen molar-refractivity contribution in [2.75, 3.05) is 31.1 Å². The molecule has 1 saturated heterocycles. The summed E-state index contributed by atoms with van der Waals surface area (Å²) in [4.78, 5) is 25.0. The molecule has 0 atom stereocenters. The van der Waals surface area contributed by atoms with Crippen LogP contribution in [-0.4, -0.2) is 47.0 Å². The molecule has 1 amide bonds. The maximum Gasteiger partial charge on any atom is 0.243 e. The van der Waals surface area contributed by atoms with E-state index in [1.807, 2.05) is 4.90 Å². The topological polar surface area (TPSA) is 73.1 Å². The largest absolute Gasteiger partial charge is 0.338 e. The number of aromatic nitrogens is 2. The number of amides is 1. The minimum Gasteiger partial charge on any atom is -0.338 e. The van der Waals surface area contributed by atoms with Crippen molar-refractivity contribution in [3.05, 3.63) is 18.5 Å². The summed E-state index contributed by atoms with van der Waals surface area (Å²) in [5.41, 5.74) is -0.759. The Labute approximate surface area is 124 Å². The highest BCUT2D eigenvalue weighted by Gasteiger charge is 2.44. The Morgan fingerprint density at radius 1 is 1.14 bits per heavy atom. The lowest BCUT2D eigenvalue weighted by atomic mass is 9.86. The monoisotopic (exact) mass is 285 g/mol. The fourth-order valence-electron chi connectivity index (χ4n) is 3.22. The summed E-state index contributed by atoms with van der Waals surface area (Å²) in [6.45, 7) is 2.72. The van der Waals surface area contributed by atoms with Gasteiger partial charge in [-0.1, -0.05) is 12.8 Å². The van der Waals surface area contributed by atoms with Gasteiger partial charge in [-0.25, -0.2) is 9.97 Å². The van der Waals surface area contributed by atoms with E-state index in [1.165, 1.54) is 0 Å². The maximum atomic E-state index is 12.7. The molecule has 1 aromatic rings. The maximum absolute atomic E-state index is 12.7. The smallest absolute Gasteiger partial charge is 0.243 e. The van der Waals surface area contributed by atoms with Crippen molar-refractivity contribution in [2.24, 2.45) is 5.41 Å². The minimum absolute atomic E-state index is 0.0242. The quantitative estimate of drug-likeness (QED) is 0.816. The van der Waals surface area contributed by atoms with Crippen LogP contribution >= 0.6 is 0 Å². The molecule has 2 fully saturated rings. The lowest BCUT2D eigenvalue weighted by Gasteiger charge is -2.37. The van der Waals surface area contributed by atoms with Gasteiger partial charge in [0.05, 0.1) is 6.07 Å². The molecule has 1 aromatic heterocycles. The molecule has 110 valence electrons. The van der Waals surface area contributed by atoms with Crippen molar-refractivity contribution in [1.82, 2.24) is 14.9 Å². The highest BCUT2D eigenvalue weighted by Crippen LogP contribution is 2.39. The first kappa shape index (κ1) is 13.8. The van der Waals surface area contributed by atoms with Crippen LogP contribution in [0, 0.1) is 16.7 Å². The number of rotatable bonds is 2. The third-order valence-electron chi connectivity index (χ3n) is 4.48. The van der Waals surface area contributed by atoms with E-state index in [4.69, 9.17) is 0 Å². The Hall–Kier alpha value is -2.16. The standard InChI is InChI=1S/C15H19N5O/c16-12-15(4-1-2-5-15)13(21)19-8-10-20(11-9-19)14-17-6-3-7-18-14/h3,6-7H,1-2,4-5,8-11H2. The molecular formula is C15H19N5O. The van der Waals surface area contributed by atoms with Gasteiger partial charge in [0.25, 0.3) is 0 Å². The first-order valence-electron chi connectivity index (χ1n) is 7.48. The third-order valence-corrected chi connectivity index (χ3v) is 4.48. The normalized spacial score (nSPS) is 21.1. The summed E-state index contributed by atoms with van der Waals surface area (Å²) in [6, 6.07) is 4.08. The molecule has 2 aliphatic rings. The van der Waals surface area contributed by atoms with Crippen molar-refractivity contribution < 1.29 is 4.79 Å². The van der Waals surface area contributed by atoms with Crippen molar-refractivity contribution in [3.8, 4) is 6.07 Å². The average molecular weight is 285 g/mol. The van der Waals surface area contributed by atoms with Gasteiger partial charge in [-0.05, 0) is 18.9 Å². The van der Waals surface area contributed by atoms with Gasteiger partial charge in [-0.3, -0.25) is 4.79 Å². The second kappa shape index (κ2) is 5.68. The van der Waals surface area contributed by atoms with E-state index in [-0.39, 0.29) is 5.91 Å². The van der Waals surface area contributed by atoms with Crippen molar-refractivity contribution in [2.45, 2.75) is 25.7 Å². The highest BCUT2D eigenvalue weighted by molar-refractivity contribution is 5.86. The number of carbonyl (C=O) groups excluding carboxylic acids is 1. The number of hydrogen-bond donors (Lipinski definition) is 0. The molecule has 0 spiro atoms. The molecule has 0 bridgehead atoms. The predicted molar refractivity (Wildman–Crippen MR) is 77.3 cm³/mol. The molecule has 0 radical (unpaired) electrons. The Morgan fingerprint density at radius 3 is 2.33 bits per heavy atom. The van der Waals surface area contributed by atoms with Gasteiger partial charge in [-0.2, -0.15) is 5.26 Å². The van der Waals surface area contributed by atoms with Crippen LogP contribution in [0.5, 0.6) is 0 Å². The van der Waals surface area contributed by atoms with E-state index < -0.39 is 5.41 Å². The van der Waals surface area contributed by atoms with Gasteiger partial charge in [0.2, 0.25) is 11.9 Å². The lowest BCUT2D eigenvalue weighted by molar-refractivity contribution is -0.139. The van der Waals surface area contributed by atoms with Gasteiger partial charge in [0.1, 0.15) is 5.41 Å². The second-order valence-electron chi connectivity index (χ2n) is 5.73. The zero-order valence-electron chi connectivity index (χ0n) is 12.0. The van der Waals surface area contributed by atoms with Crippen LogP contribution in [0.1, 0.15) is 25.7 Å². The summed E-state index contributed by atoms with van der Waals surface area (Å²) < 4.78 is 0. The van der Waals surface area contributed by atoms with E-state index in [0.717, 1.165) is 25.9 Å². The zero-order valence-corrected chi connectivity index (χ0v) is 12.0. The van der Waals surface area contributed by atoms with Crippen LogP contribution in [0.2, 0.25) is 0 Å². The molecule has 0 N–H and O–H groups in total. The number of anilines is 1. The molecule has 6 heteroatoms. The molecule has 6 nitrogen and oxygen atoms in total. The molecule has 3 rings (SSSR count). The van der Waals surface area contributed by atoms with Crippen molar-refractivity contribution >= 4 is 11.9 Å². The molecule has 1 aliphatic carbocycles. The van der Waals surface area contributed by atoms with Gasteiger partial charge in [-0.15, -0.1) is 0 Å². The minimum atomic E-state index is -0.759. The summed E-state index contributed by atoms with van der Waals surface area (Å²) >= 11 is 0. The first-order valence-corrected chi connectivity index (χ1v) is 7.48. The summed E-state index contributed by atoms with van der Waals surface area (Å²) in [5.74, 6) is 0.733. The Balaban J connectivity index is 1.63. The number of hydrogen-bond acceptors (Lipinski definition) is 5. The molecule has 1 saturated carbocycles. The van der Waals surface area contributed by atoms with Crippen LogP contribution in [0.3, 0.4) is 0 Å². The first-order chi connectivity index (χ1) is 10.2. The summed E-state index contributed by atoms with van der Waals surface area (Å²) in [6.07, 6.45) is 6.84. The van der Waals surface area contributed by atoms with Gasteiger partial charge in [0, 0.05) is 38.6 Å². The van der Waals surface area contributed by atoms with E-state index in [1.54, 1.807) is 18.5 Å². The Morgan fingerprint density at radius 2 is 1.76 bits per heavy atom. The van der Waals surface area contributed by atoms with Crippen LogP contribution in [-0.2, 0) is 4.79 Å². The molecular weight excluding hydrogens is 266 g/mol. The third kappa shape index (κ3) is 2.56. The summed E-state index contributed by atoms with van der Waals surface area (Å²) in [5, 5.41) is 9.42. The number of nitriles is 1. The van der Waals surface area contributed by atoms with E-state index in [0.29, 0.717) is 31.9 Å². The Bertz CT molecular complexity index is 539. The van der Waals surface area contributed by atoms with E-state index >= 15 is 0 Å². The van der Waals surface area contributed by atoms with Crippen LogP contribution < -0.4 is 4.90 Å². The predicted octanol–water partition coefficient (Wildman–Crippen LogP) is 1.21. The molecule has 0 unspecified atom stereocenters. The van der Waals surface area contributed by atoms with Crippen LogP contribution in [0.25, 0.3) is 0 Å². The summed E-state index contributed by atoms with van der Waals surface area (Å²) in [7, 11) is 0. The number of carbonyl (C=O) groups is 1. The van der Waals surface area contributed by atoms with Gasteiger partial charge in [0.15, 0.2) is 0 Å². The fourth-order valence-corrected chi connectivity index (χ4v) is 3.22. The molecule has 1 aliphatic heterocycles. The SMILES string of the molecule is N#CC1(C(=O)N2CCN(c3ncccn3)CC2)CCCC1. The zero-order chi connectivity index (χ0) is 14.7. The number of nitrogens with zero attached hydrogens (tertiary/aromatic N) is 5. The fraction of sp³-hybridized carbons (Fsp3) is 0.600.